The lowest BCUT2D eigenvalue weighted by Gasteiger charge is -2.26. The second kappa shape index (κ2) is 14.9. The first-order valence-corrected chi connectivity index (χ1v) is 15.2. The summed E-state index contributed by atoms with van der Waals surface area (Å²) in [6.07, 6.45) is 0.770. The summed E-state index contributed by atoms with van der Waals surface area (Å²) in [5.74, 6) is -1.84. The van der Waals surface area contributed by atoms with Crippen molar-refractivity contribution in [2.75, 3.05) is 58.5 Å². The van der Waals surface area contributed by atoms with Gasteiger partial charge in [-0.25, -0.2) is 0 Å². The molecule has 9 heteroatoms. The molecule has 4 rings (SSSR count). The molecule has 1 N–H and O–H groups in total. The van der Waals surface area contributed by atoms with Crippen LogP contribution in [0.3, 0.4) is 0 Å². The van der Waals surface area contributed by atoms with Gasteiger partial charge in [-0.05, 0) is 43.0 Å². The van der Waals surface area contributed by atoms with Crippen LogP contribution in [0.1, 0.15) is 37.8 Å². The Balaban J connectivity index is 1.47. The number of epoxide rings is 1. The molecule has 2 aliphatic rings. The second-order valence-electron chi connectivity index (χ2n) is 12.3. The van der Waals surface area contributed by atoms with Gasteiger partial charge in [0.2, 0.25) is 5.91 Å². The van der Waals surface area contributed by atoms with Crippen LogP contribution < -0.4 is 10.2 Å². The van der Waals surface area contributed by atoms with Crippen molar-refractivity contribution in [3.05, 3.63) is 65.7 Å². The van der Waals surface area contributed by atoms with E-state index >= 15 is 0 Å². The zero-order chi connectivity index (χ0) is 31.0. The van der Waals surface area contributed by atoms with Gasteiger partial charge >= 0.3 is 0 Å². The molecule has 0 bridgehead atoms. The maximum absolute atomic E-state index is 13.9. The fourth-order valence-electron chi connectivity index (χ4n) is 5.46. The van der Waals surface area contributed by atoms with E-state index in [0.717, 1.165) is 16.8 Å². The van der Waals surface area contributed by atoms with E-state index < -0.39 is 23.5 Å². The van der Waals surface area contributed by atoms with Gasteiger partial charge in [0, 0.05) is 57.5 Å². The fraction of sp³-hybridized carbons (Fsp3) is 0.529. The highest BCUT2D eigenvalue weighted by Gasteiger charge is 2.50. The van der Waals surface area contributed by atoms with Crippen molar-refractivity contribution < 1.29 is 28.7 Å². The summed E-state index contributed by atoms with van der Waals surface area (Å²) in [6.45, 7) is 6.70. The van der Waals surface area contributed by atoms with Crippen LogP contribution in [-0.2, 0) is 41.5 Å². The smallest absolute Gasteiger partial charge is 0.223 e. The first-order chi connectivity index (χ1) is 20.5. The zero-order valence-electron chi connectivity index (χ0n) is 25.8. The first kappa shape index (κ1) is 32.5. The number of rotatable bonds is 16. The molecular formula is C34H45N3O6. The second-order valence-corrected chi connectivity index (χ2v) is 12.3. The molecule has 9 nitrogen and oxygen atoms in total. The largest absolute Gasteiger partial charge is 0.379 e. The van der Waals surface area contributed by atoms with Crippen LogP contribution in [0, 0.1) is 11.8 Å². The first-order valence-electron chi connectivity index (χ1n) is 15.2. The third kappa shape index (κ3) is 9.55. The quantitative estimate of drug-likeness (QED) is 0.297. The summed E-state index contributed by atoms with van der Waals surface area (Å²) < 4.78 is 10.8. The molecule has 2 aromatic carbocycles. The van der Waals surface area contributed by atoms with Crippen molar-refractivity contribution in [3.63, 3.8) is 0 Å². The van der Waals surface area contributed by atoms with E-state index in [1.807, 2.05) is 78.5 Å². The minimum atomic E-state index is -0.865. The van der Waals surface area contributed by atoms with E-state index in [1.165, 1.54) is 0 Å². The molecule has 0 spiro atoms. The minimum Gasteiger partial charge on any atom is -0.379 e. The number of ether oxygens (including phenoxy) is 2. The Morgan fingerprint density at radius 2 is 1.56 bits per heavy atom. The summed E-state index contributed by atoms with van der Waals surface area (Å²) in [5.41, 5.74) is 2.01. The maximum Gasteiger partial charge on any atom is 0.223 e. The van der Waals surface area contributed by atoms with E-state index in [1.54, 1.807) is 13.8 Å². The van der Waals surface area contributed by atoms with Gasteiger partial charge in [0.25, 0.3) is 0 Å². The lowest BCUT2D eigenvalue weighted by atomic mass is 9.83. The van der Waals surface area contributed by atoms with Crippen molar-refractivity contribution in [1.29, 1.82) is 0 Å². The van der Waals surface area contributed by atoms with Crippen molar-refractivity contribution >= 4 is 28.9 Å². The molecule has 2 saturated heterocycles. The van der Waals surface area contributed by atoms with Crippen LogP contribution >= 0.6 is 0 Å². The maximum atomic E-state index is 13.9. The lowest BCUT2D eigenvalue weighted by molar-refractivity contribution is -0.134. The average Bonchev–Trinajstić information content (AvgIpc) is 3.75. The predicted molar refractivity (Wildman–Crippen MR) is 165 cm³/mol. The molecule has 43 heavy (non-hydrogen) atoms. The molecule has 2 fully saturated rings. The summed E-state index contributed by atoms with van der Waals surface area (Å²) in [6, 6.07) is 16.6. The number of carbonyl (C=O) groups is 4. The van der Waals surface area contributed by atoms with Gasteiger partial charge in [-0.2, -0.15) is 0 Å². The molecule has 2 aliphatic heterocycles. The fourth-order valence-corrected chi connectivity index (χ4v) is 5.46. The molecule has 232 valence electrons. The number of ketones is 3. The highest BCUT2D eigenvalue weighted by Crippen LogP contribution is 2.33. The number of Topliss-reactive ketones (excluding diaryl/α,β-unsaturated/α-hetero) is 3. The molecule has 4 atom stereocenters. The third-order valence-electron chi connectivity index (χ3n) is 8.32. The van der Waals surface area contributed by atoms with Crippen LogP contribution in [0.5, 0.6) is 0 Å². The van der Waals surface area contributed by atoms with Gasteiger partial charge < -0.3 is 19.7 Å². The third-order valence-corrected chi connectivity index (χ3v) is 8.32. The molecule has 0 radical (unpaired) electrons. The highest BCUT2D eigenvalue weighted by molar-refractivity contribution is 5.97. The molecule has 0 aliphatic carbocycles. The van der Waals surface area contributed by atoms with E-state index in [0.29, 0.717) is 39.3 Å². The van der Waals surface area contributed by atoms with Gasteiger partial charge in [0.05, 0.1) is 32.4 Å². The van der Waals surface area contributed by atoms with Gasteiger partial charge in [-0.15, -0.1) is 0 Å². The number of anilines is 1. The normalized spacial score (nSPS) is 20.5. The minimum absolute atomic E-state index is 0.0158. The highest BCUT2D eigenvalue weighted by atomic mass is 16.6. The number of nitrogens with zero attached hydrogens (tertiary/aromatic N) is 2. The van der Waals surface area contributed by atoms with Gasteiger partial charge in [-0.3, -0.25) is 24.1 Å². The Morgan fingerprint density at radius 3 is 2.16 bits per heavy atom. The topological polar surface area (TPSA) is 109 Å². The number of hydrogen-bond donors (Lipinski definition) is 1. The van der Waals surface area contributed by atoms with E-state index in [4.69, 9.17) is 9.47 Å². The molecule has 1 amide bonds. The molecule has 0 aromatic heterocycles. The molecule has 2 aromatic rings. The van der Waals surface area contributed by atoms with Crippen molar-refractivity contribution in [1.82, 2.24) is 10.2 Å². The Morgan fingerprint density at radius 1 is 0.930 bits per heavy atom. The monoisotopic (exact) mass is 591 g/mol. The molecular weight excluding hydrogens is 546 g/mol. The van der Waals surface area contributed by atoms with Gasteiger partial charge in [-0.1, -0.05) is 49.4 Å². The van der Waals surface area contributed by atoms with Crippen LogP contribution in [0.4, 0.5) is 5.69 Å². The standard InChI is InChI=1S/C34H45N3O6/c1-24(18-29(38)22-37-14-16-42-17-15-37)33(41)35-30(20-26-10-12-28(13-11-26)36(3)4)31(39)21-27(32(40)34(2)23-43-34)19-25-8-6-5-7-9-25/h5-13,24,27,30H,14-23H2,1-4H3,(H,35,41). The zero-order valence-corrected chi connectivity index (χ0v) is 25.8. The van der Waals surface area contributed by atoms with E-state index in [-0.39, 0.29) is 49.1 Å². The lowest BCUT2D eigenvalue weighted by Crippen LogP contribution is -2.46. The number of carbonyl (C=O) groups excluding carboxylic acids is 4. The molecule has 4 unspecified atom stereocenters. The Kier molecular flexibility index (Phi) is 11.2. The van der Waals surface area contributed by atoms with E-state index in [2.05, 4.69) is 5.32 Å². The predicted octanol–water partition coefficient (Wildman–Crippen LogP) is 2.88. The Hall–Kier alpha value is -3.40. The summed E-state index contributed by atoms with van der Waals surface area (Å²) in [7, 11) is 3.91. The number of amides is 1. The van der Waals surface area contributed by atoms with Crippen LogP contribution in [0.15, 0.2) is 54.6 Å². The molecule has 0 saturated carbocycles. The summed E-state index contributed by atoms with van der Waals surface area (Å²) in [4.78, 5) is 57.5. The Labute approximate surface area is 254 Å². The Bertz CT molecular complexity index is 1250. The number of nitrogens with one attached hydrogen (secondary N) is 1. The van der Waals surface area contributed by atoms with Crippen molar-refractivity contribution in [2.45, 2.75) is 51.2 Å². The molecule has 2 heterocycles. The number of benzene rings is 2. The van der Waals surface area contributed by atoms with Crippen molar-refractivity contribution in [3.8, 4) is 0 Å². The van der Waals surface area contributed by atoms with Crippen LogP contribution in [0.25, 0.3) is 0 Å². The number of morpholine rings is 1. The van der Waals surface area contributed by atoms with Gasteiger partial charge in [0.15, 0.2) is 11.6 Å². The SMILES string of the molecule is CC(CC(=O)CN1CCOCC1)C(=O)NC(Cc1ccc(N(C)C)cc1)C(=O)CC(Cc1ccccc1)C(=O)C1(C)CO1. The summed E-state index contributed by atoms with van der Waals surface area (Å²) in [5, 5.41) is 2.95. The summed E-state index contributed by atoms with van der Waals surface area (Å²) >= 11 is 0. The van der Waals surface area contributed by atoms with Crippen LogP contribution in [-0.4, -0.2) is 93.3 Å². The van der Waals surface area contributed by atoms with Gasteiger partial charge in [0.1, 0.15) is 11.4 Å². The van der Waals surface area contributed by atoms with Crippen molar-refractivity contribution in [2.24, 2.45) is 11.8 Å². The number of hydrogen-bond acceptors (Lipinski definition) is 8. The van der Waals surface area contributed by atoms with E-state index in [9.17, 15) is 19.2 Å². The van der Waals surface area contributed by atoms with Crippen LogP contribution in [0.2, 0.25) is 0 Å². The average molecular weight is 592 g/mol.